The van der Waals surface area contributed by atoms with Gasteiger partial charge in [-0.3, -0.25) is 4.79 Å². The molecule has 1 N–H and O–H groups in total. The molecule has 31 heavy (non-hydrogen) atoms. The molecule has 1 saturated heterocycles. The molecule has 3 heterocycles. The number of likely N-dealkylation sites (tertiary alicyclic amines) is 1. The van der Waals surface area contributed by atoms with Crippen molar-refractivity contribution in [3.05, 3.63) is 53.9 Å². The largest absolute Gasteiger partial charge is 0.423 e. The Hall–Kier alpha value is -3.28. The SMILES string of the molecule is C[C@@H]1CC[C@@H](c2noc(C(O)C(F)(F)F)n2)CN1C(=O)c1ccccc1-n1nccn1. The first-order valence-electron chi connectivity index (χ1n) is 9.60. The molecule has 1 aliphatic heterocycles. The molecular formula is C19H19F3N6O3. The van der Waals surface area contributed by atoms with Crippen molar-refractivity contribution in [1.29, 1.82) is 0 Å². The van der Waals surface area contributed by atoms with Gasteiger partial charge in [-0.05, 0) is 31.9 Å². The molecule has 0 bridgehead atoms. The Bertz CT molecular complexity index is 1050. The molecule has 0 saturated carbocycles. The Kier molecular flexibility index (Phi) is 5.48. The molecule has 2 aromatic heterocycles. The predicted octanol–water partition coefficient (Wildman–Crippen LogP) is 2.65. The molecule has 1 unspecified atom stereocenters. The molecule has 1 aromatic carbocycles. The normalized spacial score (nSPS) is 20.6. The van der Waals surface area contributed by atoms with Crippen LogP contribution in [-0.4, -0.2) is 59.8 Å². The van der Waals surface area contributed by atoms with Crippen molar-refractivity contribution >= 4 is 5.91 Å². The molecular weight excluding hydrogens is 417 g/mol. The molecule has 1 aliphatic rings. The summed E-state index contributed by atoms with van der Waals surface area (Å²) >= 11 is 0. The fourth-order valence-electron chi connectivity index (χ4n) is 3.59. The molecule has 1 fully saturated rings. The maximum Gasteiger partial charge on any atom is 0.423 e. The number of para-hydroxylation sites is 1. The minimum Gasteiger partial charge on any atom is -0.376 e. The highest BCUT2D eigenvalue weighted by atomic mass is 19.4. The number of amides is 1. The average Bonchev–Trinajstić information content (AvgIpc) is 3.45. The summed E-state index contributed by atoms with van der Waals surface area (Å²) in [6.07, 6.45) is -3.58. The van der Waals surface area contributed by atoms with Gasteiger partial charge in [0.1, 0.15) is 0 Å². The van der Waals surface area contributed by atoms with E-state index in [0.29, 0.717) is 24.1 Å². The second-order valence-electron chi connectivity index (χ2n) is 7.35. The number of carbonyl (C=O) groups is 1. The third kappa shape index (κ3) is 4.15. The number of alkyl halides is 3. The Morgan fingerprint density at radius 3 is 2.65 bits per heavy atom. The number of hydrogen-bond donors (Lipinski definition) is 1. The van der Waals surface area contributed by atoms with E-state index in [0.717, 1.165) is 0 Å². The van der Waals surface area contributed by atoms with Crippen molar-refractivity contribution in [3.8, 4) is 5.69 Å². The molecule has 12 heteroatoms. The Labute approximate surface area is 174 Å². The lowest BCUT2D eigenvalue weighted by Gasteiger charge is -2.37. The number of rotatable bonds is 4. The number of nitrogens with zero attached hydrogens (tertiary/aromatic N) is 6. The minimum atomic E-state index is -4.91. The van der Waals surface area contributed by atoms with E-state index in [1.807, 2.05) is 6.92 Å². The zero-order chi connectivity index (χ0) is 22.2. The molecule has 0 spiro atoms. The molecule has 4 rings (SSSR count). The fourth-order valence-corrected chi connectivity index (χ4v) is 3.59. The number of aliphatic hydroxyl groups is 1. The summed E-state index contributed by atoms with van der Waals surface area (Å²) < 4.78 is 42.7. The Morgan fingerprint density at radius 2 is 1.94 bits per heavy atom. The lowest BCUT2D eigenvalue weighted by molar-refractivity contribution is -0.213. The number of aliphatic hydroxyl groups excluding tert-OH is 1. The van der Waals surface area contributed by atoms with Crippen molar-refractivity contribution < 1.29 is 27.6 Å². The van der Waals surface area contributed by atoms with Gasteiger partial charge in [-0.15, -0.1) is 0 Å². The summed E-state index contributed by atoms with van der Waals surface area (Å²) in [6, 6.07) is 6.79. The Morgan fingerprint density at radius 1 is 1.23 bits per heavy atom. The van der Waals surface area contributed by atoms with Crippen LogP contribution in [0.25, 0.3) is 5.69 Å². The maximum absolute atomic E-state index is 13.4. The number of benzene rings is 1. The lowest BCUT2D eigenvalue weighted by Crippen LogP contribution is -2.45. The van der Waals surface area contributed by atoms with E-state index in [2.05, 4.69) is 24.9 Å². The van der Waals surface area contributed by atoms with Crippen LogP contribution in [0.15, 0.2) is 41.2 Å². The van der Waals surface area contributed by atoms with E-state index >= 15 is 0 Å². The van der Waals surface area contributed by atoms with Gasteiger partial charge in [-0.2, -0.15) is 33.1 Å². The Balaban J connectivity index is 1.57. The lowest BCUT2D eigenvalue weighted by atomic mass is 9.92. The van der Waals surface area contributed by atoms with Crippen molar-refractivity contribution in [1.82, 2.24) is 30.0 Å². The number of aromatic nitrogens is 5. The van der Waals surface area contributed by atoms with E-state index in [1.54, 1.807) is 29.2 Å². The topological polar surface area (TPSA) is 110 Å². The van der Waals surface area contributed by atoms with Crippen molar-refractivity contribution in [2.75, 3.05) is 6.54 Å². The van der Waals surface area contributed by atoms with Crippen molar-refractivity contribution in [2.45, 2.75) is 44.0 Å². The summed E-state index contributed by atoms with van der Waals surface area (Å²) in [5, 5.41) is 21.1. The average molecular weight is 436 g/mol. The second-order valence-corrected chi connectivity index (χ2v) is 7.35. The fraction of sp³-hybridized carbons (Fsp3) is 0.421. The van der Waals surface area contributed by atoms with E-state index < -0.39 is 24.1 Å². The third-order valence-electron chi connectivity index (χ3n) is 5.28. The summed E-state index contributed by atoms with van der Waals surface area (Å²) in [4.78, 5) is 20.1. The first-order valence-corrected chi connectivity index (χ1v) is 9.60. The van der Waals surface area contributed by atoms with E-state index in [9.17, 15) is 23.1 Å². The minimum absolute atomic E-state index is 0.0324. The highest BCUT2D eigenvalue weighted by Gasteiger charge is 2.44. The molecule has 1 amide bonds. The smallest absolute Gasteiger partial charge is 0.376 e. The van der Waals surface area contributed by atoms with Gasteiger partial charge in [0, 0.05) is 18.5 Å². The first kappa shape index (κ1) is 21.0. The van der Waals surface area contributed by atoms with Crippen LogP contribution in [0, 0.1) is 0 Å². The molecule has 3 aromatic rings. The van der Waals surface area contributed by atoms with Gasteiger partial charge in [0.05, 0.1) is 23.6 Å². The first-order chi connectivity index (χ1) is 14.8. The summed E-state index contributed by atoms with van der Waals surface area (Å²) in [7, 11) is 0. The number of piperidine rings is 1. The van der Waals surface area contributed by atoms with Crippen LogP contribution < -0.4 is 0 Å². The number of halogens is 3. The highest BCUT2D eigenvalue weighted by Crippen LogP contribution is 2.34. The maximum atomic E-state index is 13.4. The van der Waals surface area contributed by atoms with Crippen molar-refractivity contribution in [3.63, 3.8) is 0 Å². The molecule has 9 nitrogen and oxygen atoms in total. The quantitative estimate of drug-likeness (QED) is 0.669. The number of carbonyl (C=O) groups excluding carboxylic acids is 1. The van der Waals surface area contributed by atoms with Gasteiger partial charge in [-0.25, -0.2) is 0 Å². The van der Waals surface area contributed by atoms with Crippen LogP contribution in [0.4, 0.5) is 13.2 Å². The standard InChI is InChI=1S/C19H19F3N6O3/c1-11-6-7-12(16-25-17(31-26-16)15(29)19(20,21)22)10-27(11)18(30)13-4-2-3-5-14(13)28-23-8-9-24-28/h2-5,8-9,11-12,15,29H,6-7,10H2,1H3/t11-,12-,15?/m1/s1. The van der Waals surface area contributed by atoms with E-state index in [-0.39, 0.29) is 24.3 Å². The number of hydrogen-bond acceptors (Lipinski definition) is 7. The van der Waals surface area contributed by atoms with Crippen LogP contribution in [0.5, 0.6) is 0 Å². The van der Waals surface area contributed by atoms with Gasteiger partial charge in [0.2, 0.25) is 6.10 Å². The summed E-state index contributed by atoms with van der Waals surface area (Å²) in [5.74, 6) is -1.56. The van der Waals surface area contributed by atoms with Gasteiger partial charge >= 0.3 is 6.18 Å². The van der Waals surface area contributed by atoms with Crippen LogP contribution >= 0.6 is 0 Å². The zero-order valence-corrected chi connectivity index (χ0v) is 16.4. The molecule has 0 radical (unpaired) electrons. The van der Waals surface area contributed by atoms with Crippen LogP contribution in [0.3, 0.4) is 0 Å². The molecule has 164 valence electrons. The second kappa shape index (κ2) is 8.10. The van der Waals surface area contributed by atoms with E-state index in [1.165, 1.54) is 17.2 Å². The van der Waals surface area contributed by atoms with Crippen LogP contribution in [-0.2, 0) is 0 Å². The van der Waals surface area contributed by atoms with E-state index in [4.69, 9.17) is 0 Å². The molecule has 0 aliphatic carbocycles. The van der Waals surface area contributed by atoms with Gasteiger partial charge < -0.3 is 14.5 Å². The summed E-state index contributed by atoms with van der Waals surface area (Å²) in [6.45, 7) is 2.10. The zero-order valence-electron chi connectivity index (χ0n) is 16.4. The van der Waals surface area contributed by atoms with Gasteiger partial charge in [0.25, 0.3) is 11.8 Å². The summed E-state index contributed by atoms with van der Waals surface area (Å²) in [5.41, 5.74) is 0.912. The van der Waals surface area contributed by atoms with Crippen LogP contribution in [0.2, 0.25) is 0 Å². The van der Waals surface area contributed by atoms with Gasteiger partial charge in [0.15, 0.2) is 5.82 Å². The monoisotopic (exact) mass is 436 g/mol. The van der Waals surface area contributed by atoms with Gasteiger partial charge in [-0.1, -0.05) is 17.3 Å². The third-order valence-corrected chi connectivity index (χ3v) is 5.28. The molecule has 3 atom stereocenters. The highest BCUT2D eigenvalue weighted by molar-refractivity contribution is 5.98. The van der Waals surface area contributed by atoms with Crippen LogP contribution in [0.1, 0.15) is 53.9 Å². The van der Waals surface area contributed by atoms with Crippen molar-refractivity contribution in [2.24, 2.45) is 0 Å². The predicted molar refractivity (Wildman–Crippen MR) is 99.1 cm³/mol.